The van der Waals surface area contributed by atoms with Gasteiger partial charge in [-0.3, -0.25) is 0 Å². The summed E-state index contributed by atoms with van der Waals surface area (Å²) in [5.41, 5.74) is 0. The molecule has 0 aromatic carbocycles. The molecule has 0 saturated carbocycles. The van der Waals surface area contributed by atoms with E-state index >= 15 is 0 Å². The Labute approximate surface area is 80.8 Å². The maximum atomic E-state index is 9.88. The van der Waals surface area contributed by atoms with E-state index in [1.165, 1.54) is 6.08 Å². The van der Waals surface area contributed by atoms with Crippen molar-refractivity contribution in [3.63, 3.8) is 0 Å². The molecule has 0 atom stereocenters. The standard InChI is InChI=1S/C8H17NO3Si/c1-3-5-11-13(8-9-7-10)12-6-4-2/h13H,3-6,8H2,1-2H3. The summed E-state index contributed by atoms with van der Waals surface area (Å²) in [6, 6.07) is 0. The zero-order valence-electron chi connectivity index (χ0n) is 8.28. The van der Waals surface area contributed by atoms with Gasteiger partial charge in [-0.1, -0.05) is 13.8 Å². The Kier molecular flexibility index (Phi) is 9.25. The highest BCUT2D eigenvalue weighted by Crippen LogP contribution is 1.93. The first kappa shape index (κ1) is 12.5. The molecule has 0 aromatic rings. The molecule has 0 saturated heterocycles. The van der Waals surface area contributed by atoms with Crippen molar-refractivity contribution < 1.29 is 13.6 Å². The molecule has 0 radical (unpaired) electrons. The molecule has 0 aliphatic rings. The summed E-state index contributed by atoms with van der Waals surface area (Å²) in [6.45, 7) is 5.45. The Morgan fingerprint density at radius 1 is 1.23 bits per heavy atom. The molecule has 0 spiro atoms. The fraction of sp³-hybridized carbons (Fsp3) is 0.875. The van der Waals surface area contributed by atoms with Crippen molar-refractivity contribution in [3.8, 4) is 0 Å². The summed E-state index contributed by atoms with van der Waals surface area (Å²) >= 11 is 0. The minimum atomic E-state index is -1.72. The quantitative estimate of drug-likeness (QED) is 0.335. The summed E-state index contributed by atoms with van der Waals surface area (Å²) in [7, 11) is -1.72. The van der Waals surface area contributed by atoms with E-state index in [1.54, 1.807) is 0 Å². The van der Waals surface area contributed by atoms with Crippen LogP contribution < -0.4 is 0 Å². The first-order valence-electron chi connectivity index (χ1n) is 4.62. The van der Waals surface area contributed by atoms with Crippen LogP contribution in [0.15, 0.2) is 4.99 Å². The normalized spacial score (nSPS) is 10.1. The second-order valence-corrected chi connectivity index (χ2v) is 4.49. The number of isocyanates is 1. The third-order valence-electron chi connectivity index (χ3n) is 1.32. The molecule has 0 fully saturated rings. The summed E-state index contributed by atoms with van der Waals surface area (Å²) < 4.78 is 10.9. The number of aliphatic imine (C=N–C) groups is 1. The molecule has 13 heavy (non-hydrogen) atoms. The molecule has 4 nitrogen and oxygen atoms in total. The van der Waals surface area contributed by atoms with Crippen molar-refractivity contribution in [2.75, 3.05) is 19.4 Å². The lowest BCUT2D eigenvalue weighted by Gasteiger charge is -2.12. The van der Waals surface area contributed by atoms with Crippen molar-refractivity contribution in [2.45, 2.75) is 26.7 Å². The first-order chi connectivity index (χ1) is 6.35. The second kappa shape index (κ2) is 9.60. The summed E-state index contributed by atoms with van der Waals surface area (Å²) in [6.07, 6.45) is 3.80. The molecule has 0 bridgehead atoms. The van der Waals surface area contributed by atoms with Gasteiger partial charge in [-0.2, -0.15) is 0 Å². The van der Waals surface area contributed by atoms with E-state index in [0.717, 1.165) is 12.8 Å². The van der Waals surface area contributed by atoms with Crippen molar-refractivity contribution >= 4 is 15.4 Å². The van der Waals surface area contributed by atoms with Crippen LogP contribution in [0.1, 0.15) is 26.7 Å². The molecule has 0 amide bonds. The minimum Gasteiger partial charge on any atom is -0.395 e. The number of rotatable bonds is 8. The topological polar surface area (TPSA) is 47.9 Å². The minimum absolute atomic E-state index is 0.378. The van der Waals surface area contributed by atoms with E-state index < -0.39 is 9.28 Å². The van der Waals surface area contributed by atoms with Gasteiger partial charge in [0.05, 0.1) is 6.17 Å². The molecule has 0 aliphatic carbocycles. The van der Waals surface area contributed by atoms with Crippen molar-refractivity contribution in [3.05, 3.63) is 0 Å². The number of hydrogen-bond donors (Lipinski definition) is 0. The van der Waals surface area contributed by atoms with E-state index in [1.807, 2.05) is 13.8 Å². The van der Waals surface area contributed by atoms with E-state index in [9.17, 15) is 4.79 Å². The molecule has 0 aromatic heterocycles. The lowest BCUT2D eigenvalue weighted by molar-refractivity contribution is 0.197. The van der Waals surface area contributed by atoms with Crippen molar-refractivity contribution in [1.82, 2.24) is 0 Å². The van der Waals surface area contributed by atoms with Crippen LogP contribution in [0, 0.1) is 0 Å². The molecule has 0 heterocycles. The fourth-order valence-electron chi connectivity index (χ4n) is 0.764. The third kappa shape index (κ3) is 7.86. The maximum Gasteiger partial charge on any atom is 0.344 e. The molecular formula is C8H17NO3Si. The monoisotopic (exact) mass is 203 g/mol. The molecule has 0 N–H and O–H groups in total. The van der Waals surface area contributed by atoms with Gasteiger partial charge in [0.1, 0.15) is 0 Å². The average molecular weight is 203 g/mol. The van der Waals surface area contributed by atoms with Crippen LogP contribution in [0.25, 0.3) is 0 Å². The van der Waals surface area contributed by atoms with Crippen LogP contribution >= 0.6 is 0 Å². The van der Waals surface area contributed by atoms with Crippen LogP contribution in [0.5, 0.6) is 0 Å². The van der Waals surface area contributed by atoms with Gasteiger partial charge in [0.2, 0.25) is 6.08 Å². The molecular weight excluding hydrogens is 186 g/mol. The van der Waals surface area contributed by atoms with Crippen LogP contribution in [-0.2, 0) is 13.6 Å². The van der Waals surface area contributed by atoms with E-state index in [2.05, 4.69) is 4.99 Å². The highest BCUT2D eigenvalue weighted by molar-refractivity contribution is 6.44. The van der Waals surface area contributed by atoms with Gasteiger partial charge >= 0.3 is 9.28 Å². The van der Waals surface area contributed by atoms with Crippen LogP contribution in [-0.4, -0.2) is 34.7 Å². The Bertz CT molecular complexity index is 151. The molecule has 0 rings (SSSR count). The summed E-state index contributed by atoms with van der Waals surface area (Å²) in [5.74, 6) is 0. The third-order valence-corrected chi connectivity index (χ3v) is 3.02. The maximum absolute atomic E-state index is 9.88. The van der Waals surface area contributed by atoms with Crippen LogP contribution in [0.3, 0.4) is 0 Å². The number of hydrogen-bond acceptors (Lipinski definition) is 4. The lowest BCUT2D eigenvalue weighted by Crippen LogP contribution is -2.27. The fourth-order valence-corrected chi connectivity index (χ4v) is 2.29. The summed E-state index contributed by atoms with van der Waals surface area (Å²) in [4.78, 5) is 13.4. The Morgan fingerprint density at radius 3 is 2.15 bits per heavy atom. The van der Waals surface area contributed by atoms with Gasteiger partial charge in [0.15, 0.2) is 0 Å². The summed E-state index contributed by atoms with van der Waals surface area (Å²) in [5, 5.41) is 0. The van der Waals surface area contributed by atoms with Gasteiger partial charge in [0.25, 0.3) is 0 Å². The van der Waals surface area contributed by atoms with Gasteiger partial charge < -0.3 is 8.85 Å². The van der Waals surface area contributed by atoms with Crippen LogP contribution in [0.2, 0.25) is 0 Å². The van der Waals surface area contributed by atoms with Crippen molar-refractivity contribution in [1.29, 1.82) is 0 Å². The zero-order valence-corrected chi connectivity index (χ0v) is 9.44. The van der Waals surface area contributed by atoms with Crippen LogP contribution in [0.4, 0.5) is 0 Å². The molecule has 76 valence electrons. The first-order valence-corrected chi connectivity index (χ1v) is 6.37. The van der Waals surface area contributed by atoms with Gasteiger partial charge in [-0.15, -0.1) is 0 Å². The second-order valence-electron chi connectivity index (χ2n) is 2.60. The lowest BCUT2D eigenvalue weighted by atomic mass is 10.5. The van der Waals surface area contributed by atoms with Crippen molar-refractivity contribution in [2.24, 2.45) is 4.99 Å². The average Bonchev–Trinajstić information content (AvgIpc) is 2.17. The number of carbonyl (C=O) groups excluding carboxylic acids is 1. The van der Waals surface area contributed by atoms with E-state index in [-0.39, 0.29) is 0 Å². The molecule has 5 heteroatoms. The zero-order chi connectivity index (χ0) is 9.94. The molecule has 0 aliphatic heterocycles. The van der Waals surface area contributed by atoms with E-state index in [0.29, 0.717) is 19.4 Å². The number of nitrogens with zero attached hydrogens (tertiary/aromatic N) is 1. The smallest absolute Gasteiger partial charge is 0.344 e. The predicted molar refractivity (Wildman–Crippen MR) is 52.6 cm³/mol. The SMILES string of the molecule is CCCO[SiH](CN=C=O)OCCC. The predicted octanol–water partition coefficient (Wildman–Crippen LogP) is 0.935. The van der Waals surface area contributed by atoms with Gasteiger partial charge in [-0.25, -0.2) is 9.79 Å². The molecule has 0 unspecified atom stereocenters. The highest BCUT2D eigenvalue weighted by atomic mass is 28.3. The Balaban J connectivity index is 3.65. The van der Waals surface area contributed by atoms with Gasteiger partial charge in [-0.05, 0) is 12.8 Å². The Hall–Kier alpha value is -0.483. The largest absolute Gasteiger partial charge is 0.395 e. The van der Waals surface area contributed by atoms with Gasteiger partial charge in [0, 0.05) is 13.2 Å². The Morgan fingerprint density at radius 2 is 1.77 bits per heavy atom. The van der Waals surface area contributed by atoms with E-state index in [4.69, 9.17) is 8.85 Å². The highest BCUT2D eigenvalue weighted by Gasteiger charge is 2.11.